The lowest BCUT2D eigenvalue weighted by Crippen LogP contribution is -2.51. The SMILES string of the molecule is COc1cc(CC(=O)N2CCN(C(=O)C(C)C)CC2)cc(OC)c1OC. The highest BCUT2D eigenvalue weighted by Crippen LogP contribution is 2.38. The van der Waals surface area contributed by atoms with Crippen LogP contribution in [0.5, 0.6) is 17.2 Å². The Kier molecular flexibility index (Phi) is 6.71. The van der Waals surface area contributed by atoms with E-state index in [-0.39, 0.29) is 24.2 Å². The van der Waals surface area contributed by atoms with Gasteiger partial charge in [0.1, 0.15) is 0 Å². The predicted molar refractivity (Wildman–Crippen MR) is 97.8 cm³/mol. The fraction of sp³-hybridized carbons (Fsp3) is 0.579. The molecule has 1 fully saturated rings. The molecule has 0 atom stereocenters. The zero-order valence-corrected chi connectivity index (χ0v) is 16.2. The molecule has 1 aromatic rings. The van der Waals surface area contributed by atoms with Crippen molar-refractivity contribution in [2.75, 3.05) is 47.5 Å². The van der Waals surface area contributed by atoms with Gasteiger partial charge < -0.3 is 24.0 Å². The second kappa shape index (κ2) is 8.78. The summed E-state index contributed by atoms with van der Waals surface area (Å²) in [6.45, 7) is 6.06. The highest BCUT2D eigenvalue weighted by molar-refractivity contribution is 5.81. The summed E-state index contributed by atoms with van der Waals surface area (Å²) in [7, 11) is 4.64. The molecular formula is C19H28N2O5. The molecule has 0 N–H and O–H groups in total. The van der Waals surface area contributed by atoms with Gasteiger partial charge in [0.15, 0.2) is 11.5 Å². The molecule has 1 aromatic carbocycles. The van der Waals surface area contributed by atoms with Crippen molar-refractivity contribution in [2.24, 2.45) is 5.92 Å². The van der Waals surface area contributed by atoms with E-state index >= 15 is 0 Å². The zero-order valence-electron chi connectivity index (χ0n) is 16.2. The van der Waals surface area contributed by atoms with E-state index in [9.17, 15) is 9.59 Å². The number of piperazine rings is 1. The van der Waals surface area contributed by atoms with Crippen LogP contribution in [0, 0.1) is 5.92 Å². The van der Waals surface area contributed by atoms with E-state index in [0.717, 1.165) is 5.56 Å². The van der Waals surface area contributed by atoms with Crippen LogP contribution in [0.2, 0.25) is 0 Å². The van der Waals surface area contributed by atoms with Crippen LogP contribution in [0.15, 0.2) is 12.1 Å². The number of carbonyl (C=O) groups is 2. The highest BCUT2D eigenvalue weighted by Gasteiger charge is 2.25. The van der Waals surface area contributed by atoms with Crippen LogP contribution in [0.4, 0.5) is 0 Å². The number of carbonyl (C=O) groups excluding carboxylic acids is 2. The van der Waals surface area contributed by atoms with Crippen LogP contribution in [0.1, 0.15) is 19.4 Å². The van der Waals surface area contributed by atoms with Gasteiger partial charge in [0.2, 0.25) is 17.6 Å². The van der Waals surface area contributed by atoms with E-state index < -0.39 is 0 Å². The summed E-state index contributed by atoms with van der Waals surface area (Å²) < 4.78 is 16.0. The minimum atomic E-state index is -0.0171. The van der Waals surface area contributed by atoms with Crippen LogP contribution < -0.4 is 14.2 Å². The van der Waals surface area contributed by atoms with Gasteiger partial charge in [0.25, 0.3) is 0 Å². The average Bonchev–Trinajstić information content (AvgIpc) is 2.66. The van der Waals surface area contributed by atoms with Gasteiger partial charge in [-0.2, -0.15) is 0 Å². The number of hydrogen-bond acceptors (Lipinski definition) is 5. The molecule has 1 aliphatic heterocycles. The second-order valence-electron chi connectivity index (χ2n) is 6.57. The second-order valence-corrected chi connectivity index (χ2v) is 6.57. The molecule has 2 rings (SSSR count). The summed E-state index contributed by atoms with van der Waals surface area (Å²) in [6.07, 6.45) is 0.245. The molecule has 2 amide bonds. The molecule has 7 heteroatoms. The summed E-state index contributed by atoms with van der Waals surface area (Å²) >= 11 is 0. The number of ether oxygens (including phenoxy) is 3. The first-order valence-electron chi connectivity index (χ1n) is 8.76. The molecule has 0 saturated carbocycles. The standard InChI is InChI=1S/C19H28N2O5/c1-13(2)19(23)21-8-6-20(7-9-21)17(22)12-14-10-15(24-3)18(26-5)16(11-14)25-4/h10-11,13H,6-9,12H2,1-5H3. The van der Waals surface area contributed by atoms with Gasteiger partial charge >= 0.3 is 0 Å². The van der Waals surface area contributed by atoms with Crippen molar-refractivity contribution < 1.29 is 23.8 Å². The van der Waals surface area contributed by atoms with Crippen molar-refractivity contribution in [3.05, 3.63) is 17.7 Å². The molecule has 0 bridgehead atoms. The molecule has 26 heavy (non-hydrogen) atoms. The molecule has 0 aliphatic carbocycles. The largest absolute Gasteiger partial charge is 0.493 e. The number of amides is 2. The number of rotatable bonds is 6. The predicted octanol–water partition coefficient (Wildman–Crippen LogP) is 1.58. The van der Waals surface area contributed by atoms with Crippen LogP contribution in [-0.2, 0) is 16.0 Å². The summed E-state index contributed by atoms with van der Waals surface area (Å²) in [6, 6.07) is 3.58. The maximum atomic E-state index is 12.6. The summed E-state index contributed by atoms with van der Waals surface area (Å²) in [4.78, 5) is 28.3. The minimum Gasteiger partial charge on any atom is -0.493 e. The fourth-order valence-corrected chi connectivity index (χ4v) is 3.07. The summed E-state index contributed by atoms with van der Waals surface area (Å²) in [5.74, 6) is 1.71. The smallest absolute Gasteiger partial charge is 0.227 e. The molecule has 7 nitrogen and oxygen atoms in total. The number of benzene rings is 1. The molecule has 1 heterocycles. The molecule has 1 saturated heterocycles. The van der Waals surface area contributed by atoms with Crippen molar-refractivity contribution in [2.45, 2.75) is 20.3 Å². The lowest BCUT2D eigenvalue weighted by Gasteiger charge is -2.35. The zero-order chi connectivity index (χ0) is 19.3. The molecule has 0 unspecified atom stereocenters. The van der Waals surface area contributed by atoms with Gasteiger partial charge in [-0.1, -0.05) is 13.8 Å². The Morgan fingerprint density at radius 1 is 0.923 bits per heavy atom. The minimum absolute atomic E-state index is 0.0171. The van der Waals surface area contributed by atoms with Crippen molar-refractivity contribution in [3.8, 4) is 17.2 Å². The molecule has 0 aromatic heterocycles. The van der Waals surface area contributed by atoms with Gasteiger partial charge in [0, 0.05) is 32.1 Å². The summed E-state index contributed by atoms with van der Waals surface area (Å²) in [5.41, 5.74) is 0.796. The Labute approximate surface area is 154 Å². The average molecular weight is 364 g/mol. The number of nitrogens with zero attached hydrogens (tertiary/aromatic N) is 2. The monoisotopic (exact) mass is 364 g/mol. The number of hydrogen-bond donors (Lipinski definition) is 0. The maximum absolute atomic E-state index is 12.6. The first kappa shape index (κ1) is 19.9. The first-order chi connectivity index (χ1) is 12.4. The third kappa shape index (κ3) is 4.39. The Hall–Kier alpha value is -2.44. The maximum Gasteiger partial charge on any atom is 0.227 e. The Balaban J connectivity index is 2.03. The Bertz CT molecular complexity index is 626. The lowest BCUT2D eigenvalue weighted by atomic mass is 10.1. The van der Waals surface area contributed by atoms with Crippen LogP contribution in [-0.4, -0.2) is 69.1 Å². The van der Waals surface area contributed by atoms with E-state index in [1.807, 2.05) is 18.7 Å². The van der Waals surface area contributed by atoms with Gasteiger partial charge in [0.05, 0.1) is 27.8 Å². The van der Waals surface area contributed by atoms with Gasteiger partial charge in [-0.05, 0) is 17.7 Å². The van der Waals surface area contributed by atoms with Gasteiger partial charge in [-0.25, -0.2) is 0 Å². The van der Waals surface area contributed by atoms with Crippen molar-refractivity contribution in [3.63, 3.8) is 0 Å². The quantitative estimate of drug-likeness (QED) is 0.767. The van der Waals surface area contributed by atoms with Crippen molar-refractivity contribution in [1.82, 2.24) is 9.80 Å². The fourth-order valence-electron chi connectivity index (χ4n) is 3.07. The Morgan fingerprint density at radius 3 is 1.85 bits per heavy atom. The molecule has 1 aliphatic rings. The molecular weight excluding hydrogens is 336 g/mol. The van der Waals surface area contributed by atoms with E-state index in [0.29, 0.717) is 43.4 Å². The first-order valence-corrected chi connectivity index (χ1v) is 8.76. The van der Waals surface area contributed by atoms with E-state index in [1.165, 1.54) is 0 Å². The van der Waals surface area contributed by atoms with Crippen LogP contribution in [0.25, 0.3) is 0 Å². The molecule has 0 radical (unpaired) electrons. The van der Waals surface area contributed by atoms with Crippen molar-refractivity contribution >= 4 is 11.8 Å². The summed E-state index contributed by atoms with van der Waals surface area (Å²) in [5, 5.41) is 0. The lowest BCUT2D eigenvalue weighted by molar-refractivity contribution is -0.141. The molecule has 0 spiro atoms. The topological polar surface area (TPSA) is 68.3 Å². The van der Waals surface area contributed by atoms with Gasteiger partial charge in [-0.15, -0.1) is 0 Å². The van der Waals surface area contributed by atoms with Crippen LogP contribution >= 0.6 is 0 Å². The molecule has 144 valence electrons. The van der Waals surface area contributed by atoms with Crippen LogP contribution in [0.3, 0.4) is 0 Å². The van der Waals surface area contributed by atoms with Crippen molar-refractivity contribution in [1.29, 1.82) is 0 Å². The van der Waals surface area contributed by atoms with E-state index in [2.05, 4.69) is 0 Å². The van der Waals surface area contributed by atoms with Gasteiger partial charge in [-0.3, -0.25) is 9.59 Å². The van der Waals surface area contributed by atoms with E-state index in [4.69, 9.17) is 14.2 Å². The highest BCUT2D eigenvalue weighted by atomic mass is 16.5. The Morgan fingerprint density at radius 2 is 1.42 bits per heavy atom. The third-order valence-electron chi connectivity index (χ3n) is 4.52. The third-order valence-corrected chi connectivity index (χ3v) is 4.52. The number of methoxy groups -OCH3 is 3. The normalized spacial score (nSPS) is 14.4. The van der Waals surface area contributed by atoms with E-state index in [1.54, 1.807) is 38.4 Å².